The molecule has 0 bridgehead atoms. The largest absolute Gasteiger partial charge is 0.395 e. The first kappa shape index (κ1) is 24.9. The molecule has 0 aliphatic heterocycles. The minimum absolute atomic E-state index is 0.0757. The number of benzene rings is 2. The van der Waals surface area contributed by atoms with Gasteiger partial charge in [0.05, 0.1) is 18.9 Å². The average Bonchev–Trinajstić information content (AvgIpc) is 3.31. The van der Waals surface area contributed by atoms with Gasteiger partial charge in [0.2, 0.25) is 5.96 Å². The fourth-order valence-electron chi connectivity index (χ4n) is 3.26. The van der Waals surface area contributed by atoms with Crippen LogP contribution < -0.4 is 16.0 Å². The Bertz CT molecular complexity index is 1130. The van der Waals surface area contributed by atoms with E-state index in [0.717, 1.165) is 11.1 Å². The molecular formula is C24H29FN6O3. The van der Waals surface area contributed by atoms with Crippen molar-refractivity contribution in [1.29, 1.82) is 5.41 Å². The van der Waals surface area contributed by atoms with Gasteiger partial charge in [-0.15, -0.1) is 0 Å². The lowest BCUT2D eigenvalue weighted by Crippen LogP contribution is -2.47. The van der Waals surface area contributed by atoms with Crippen molar-refractivity contribution < 1.29 is 19.1 Å². The van der Waals surface area contributed by atoms with E-state index < -0.39 is 5.41 Å². The van der Waals surface area contributed by atoms with Crippen molar-refractivity contribution in [3.05, 3.63) is 71.7 Å². The Morgan fingerprint density at radius 3 is 2.41 bits per heavy atom. The van der Waals surface area contributed by atoms with Crippen LogP contribution in [0.2, 0.25) is 0 Å². The number of rotatable bonds is 8. The van der Waals surface area contributed by atoms with Gasteiger partial charge in [-0.2, -0.15) is 4.99 Å². The molecule has 0 saturated carbocycles. The van der Waals surface area contributed by atoms with E-state index >= 15 is 0 Å². The Kier molecular flexibility index (Phi) is 8.34. The van der Waals surface area contributed by atoms with Gasteiger partial charge in [-0.1, -0.05) is 61.5 Å². The van der Waals surface area contributed by atoms with Crippen LogP contribution in [0.15, 0.2) is 64.1 Å². The van der Waals surface area contributed by atoms with Crippen LogP contribution in [-0.4, -0.2) is 53.6 Å². The molecule has 3 aromatic rings. The molecule has 6 N–H and O–H groups in total. The Hall–Kier alpha value is -3.76. The summed E-state index contributed by atoms with van der Waals surface area (Å²) in [5.74, 6) is 0.0359. The van der Waals surface area contributed by atoms with Crippen molar-refractivity contribution in [2.75, 3.05) is 26.3 Å². The molecule has 34 heavy (non-hydrogen) atoms. The van der Waals surface area contributed by atoms with Crippen LogP contribution >= 0.6 is 0 Å². The SMILES string of the molecule is CC(C)(c1ccc(-c2ccccc2F)cc1)c1cc(/N=C(\NCCO)NC(=N)NCCO)on1. The third-order valence-corrected chi connectivity index (χ3v) is 5.21. The van der Waals surface area contributed by atoms with E-state index in [1.165, 1.54) is 6.07 Å². The molecule has 2 aromatic carbocycles. The van der Waals surface area contributed by atoms with E-state index in [4.69, 9.17) is 20.1 Å². The second-order valence-corrected chi connectivity index (χ2v) is 7.99. The van der Waals surface area contributed by atoms with Gasteiger partial charge in [0.1, 0.15) is 5.82 Å². The number of aliphatic imine (C=N–C) groups is 1. The van der Waals surface area contributed by atoms with Crippen molar-refractivity contribution in [2.45, 2.75) is 19.3 Å². The number of aromatic nitrogens is 1. The quantitative estimate of drug-likeness (QED) is 0.221. The smallest absolute Gasteiger partial charge is 0.253 e. The van der Waals surface area contributed by atoms with Gasteiger partial charge >= 0.3 is 0 Å². The monoisotopic (exact) mass is 468 g/mol. The molecule has 9 nitrogen and oxygen atoms in total. The molecule has 0 spiro atoms. The minimum Gasteiger partial charge on any atom is -0.395 e. The molecule has 0 aliphatic rings. The van der Waals surface area contributed by atoms with Gasteiger partial charge < -0.3 is 25.4 Å². The van der Waals surface area contributed by atoms with E-state index in [1.807, 2.05) is 38.1 Å². The van der Waals surface area contributed by atoms with E-state index in [0.29, 0.717) is 11.3 Å². The summed E-state index contributed by atoms with van der Waals surface area (Å²) in [4.78, 5) is 4.30. The van der Waals surface area contributed by atoms with Crippen molar-refractivity contribution in [1.82, 2.24) is 21.1 Å². The summed E-state index contributed by atoms with van der Waals surface area (Å²) < 4.78 is 19.5. The fourth-order valence-corrected chi connectivity index (χ4v) is 3.26. The molecule has 1 aromatic heterocycles. The Balaban J connectivity index is 1.79. The molecule has 1 heterocycles. The van der Waals surface area contributed by atoms with Crippen LogP contribution in [0.5, 0.6) is 0 Å². The first-order valence-corrected chi connectivity index (χ1v) is 10.8. The molecule has 0 fully saturated rings. The topological polar surface area (TPSA) is 139 Å². The third kappa shape index (κ3) is 6.18. The second-order valence-electron chi connectivity index (χ2n) is 7.99. The Morgan fingerprint density at radius 2 is 1.74 bits per heavy atom. The Morgan fingerprint density at radius 1 is 1.06 bits per heavy atom. The highest BCUT2D eigenvalue weighted by Gasteiger charge is 2.27. The molecule has 3 rings (SSSR count). The van der Waals surface area contributed by atoms with Gasteiger partial charge in [-0.05, 0) is 17.2 Å². The molecule has 10 heteroatoms. The number of hydrogen-bond acceptors (Lipinski definition) is 6. The lowest BCUT2D eigenvalue weighted by Gasteiger charge is -2.22. The highest BCUT2D eigenvalue weighted by Crippen LogP contribution is 2.34. The number of guanidine groups is 2. The average molecular weight is 469 g/mol. The summed E-state index contributed by atoms with van der Waals surface area (Å²) in [5.41, 5.74) is 2.40. The van der Waals surface area contributed by atoms with Crippen molar-refractivity contribution >= 4 is 17.8 Å². The summed E-state index contributed by atoms with van der Waals surface area (Å²) in [5, 5.41) is 38.2. The second kappa shape index (κ2) is 11.4. The zero-order chi connectivity index (χ0) is 24.6. The fraction of sp³-hybridized carbons (Fsp3) is 0.292. The lowest BCUT2D eigenvalue weighted by molar-refractivity contribution is 0.299. The van der Waals surface area contributed by atoms with Crippen LogP contribution in [0.25, 0.3) is 11.1 Å². The molecule has 0 aliphatic carbocycles. The summed E-state index contributed by atoms with van der Waals surface area (Å²) in [6, 6.07) is 16.0. The van der Waals surface area contributed by atoms with E-state index in [2.05, 4.69) is 26.1 Å². The number of hydrogen-bond donors (Lipinski definition) is 6. The van der Waals surface area contributed by atoms with E-state index in [1.54, 1.807) is 24.3 Å². The van der Waals surface area contributed by atoms with Crippen LogP contribution in [-0.2, 0) is 5.41 Å². The first-order chi connectivity index (χ1) is 16.3. The maximum Gasteiger partial charge on any atom is 0.253 e. The van der Waals surface area contributed by atoms with Crippen LogP contribution in [0.1, 0.15) is 25.1 Å². The summed E-state index contributed by atoms with van der Waals surface area (Å²) >= 11 is 0. The molecule has 0 amide bonds. The van der Waals surface area contributed by atoms with Crippen molar-refractivity contribution in [3.8, 4) is 11.1 Å². The predicted molar refractivity (Wildman–Crippen MR) is 129 cm³/mol. The van der Waals surface area contributed by atoms with Gasteiger partial charge in [0, 0.05) is 30.1 Å². The van der Waals surface area contributed by atoms with Crippen LogP contribution in [0, 0.1) is 11.2 Å². The molecule has 0 saturated heterocycles. The summed E-state index contributed by atoms with van der Waals surface area (Å²) in [7, 11) is 0. The molecular weight excluding hydrogens is 439 g/mol. The van der Waals surface area contributed by atoms with Gasteiger partial charge in [0.15, 0.2) is 5.96 Å². The maximum absolute atomic E-state index is 14.1. The zero-order valence-corrected chi connectivity index (χ0v) is 19.1. The third-order valence-electron chi connectivity index (χ3n) is 5.21. The van der Waals surface area contributed by atoms with Crippen LogP contribution in [0.4, 0.5) is 10.3 Å². The lowest BCUT2D eigenvalue weighted by atomic mass is 9.81. The highest BCUT2D eigenvalue weighted by molar-refractivity contribution is 5.98. The highest BCUT2D eigenvalue weighted by atomic mass is 19.1. The van der Waals surface area contributed by atoms with Crippen molar-refractivity contribution in [3.63, 3.8) is 0 Å². The maximum atomic E-state index is 14.1. The zero-order valence-electron chi connectivity index (χ0n) is 19.1. The number of halogens is 1. The standard InChI is InChI=1S/C24H29FN6O3/c1-24(2,17-9-7-16(8-10-17)18-5-3-4-6-19(18)25)20-15-21(34-31-20)29-23(28-12-14-33)30-22(26)27-11-13-32/h3-10,15,32-33H,11-14H2,1-2H3,(H4,26,27,28,29,30). The summed E-state index contributed by atoms with van der Waals surface area (Å²) in [6.07, 6.45) is 0. The van der Waals surface area contributed by atoms with E-state index in [9.17, 15) is 4.39 Å². The number of aliphatic hydroxyl groups excluding tert-OH is 2. The molecule has 180 valence electrons. The van der Waals surface area contributed by atoms with Gasteiger partial charge in [-0.3, -0.25) is 10.7 Å². The van der Waals surface area contributed by atoms with Gasteiger partial charge in [-0.25, -0.2) is 4.39 Å². The van der Waals surface area contributed by atoms with Crippen LogP contribution in [0.3, 0.4) is 0 Å². The molecule has 0 atom stereocenters. The minimum atomic E-state index is -0.521. The number of nitrogens with zero attached hydrogens (tertiary/aromatic N) is 2. The number of aliphatic hydroxyl groups is 2. The van der Waals surface area contributed by atoms with Crippen molar-refractivity contribution in [2.24, 2.45) is 4.99 Å². The summed E-state index contributed by atoms with van der Waals surface area (Å²) in [6.45, 7) is 4.15. The molecule has 0 radical (unpaired) electrons. The predicted octanol–water partition coefficient (Wildman–Crippen LogP) is 2.48. The van der Waals surface area contributed by atoms with Gasteiger partial charge in [0.25, 0.3) is 5.88 Å². The Labute approximate surface area is 197 Å². The number of nitrogens with one attached hydrogen (secondary N) is 4. The molecule has 0 unspecified atom stereocenters. The van der Waals surface area contributed by atoms with E-state index in [-0.39, 0.29) is 49.9 Å². The first-order valence-electron chi connectivity index (χ1n) is 10.8. The normalized spacial score (nSPS) is 11.9.